The van der Waals surface area contributed by atoms with E-state index in [0.29, 0.717) is 36.8 Å². The number of piperazine rings is 1. The predicted octanol–water partition coefficient (Wildman–Crippen LogP) is 1.19. The van der Waals surface area contributed by atoms with Crippen molar-refractivity contribution in [2.75, 3.05) is 32.7 Å². The zero-order chi connectivity index (χ0) is 20.8. The van der Waals surface area contributed by atoms with Crippen LogP contribution >= 0.6 is 11.6 Å². The molecular formula is C20H23ClN4O4. The molecule has 2 heterocycles. The van der Waals surface area contributed by atoms with Gasteiger partial charge in [-0.15, -0.1) is 0 Å². The summed E-state index contributed by atoms with van der Waals surface area (Å²) in [7, 11) is 0. The summed E-state index contributed by atoms with van der Waals surface area (Å²) >= 11 is 5.91. The molecule has 1 aliphatic carbocycles. The predicted molar refractivity (Wildman–Crippen MR) is 105 cm³/mol. The number of urea groups is 1. The van der Waals surface area contributed by atoms with Gasteiger partial charge in [-0.2, -0.15) is 0 Å². The minimum atomic E-state index is -1.24. The van der Waals surface area contributed by atoms with Gasteiger partial charge in [0.15, 0.2) is 0 Å². The molecule has 1 N–H and O–H groups in total. The van der Waals surface area contributed by atoms with Crippen LogP contribution in [0.2, 0.25) is 5.02 Å². The Kier molecular flexibility index (Phi) is 4.98. The van der Waals surface area contributed by atoms with Gasteiger partial charge in [0.25, 0.3) is 5.91 Å². The summed E-state index contributed by atoms with van der Waals surface area (Å²) in [6, 6.07) is 6.07. The minimum absolute atomic E-state index is 0.161. The molecule has 0 aromatic heterocycles. The van der Waals surface area contributed by atoms with Gasteiger partial charge in [0.2, 0.25) is 11.8 Å². The molecule has 5 amide bonds. The van der Waals surface area contributed by atoms with Gasteiger partial charge in [0.05, 0.1) is 0 Å². The fraction of sp³-hybridized carbons (Fsp3) is 0.500. The number of nitrogens with zero attached hydrogens (tertiary/aromatic N) is 3. The van der Waals surface area contributed by atoms with Crippen LogP contribution in [0.15, 0.2) is 24.3 Å². The number of benzene rings is 1. The van der Waals surface area contributed by atoms with E-state index in [9.17, 15) is 19.2 Å². The van der Waals surface area contributed by atoms with E-state index < -0.39 is 17.5 Å². The first-order chi connectivity index (χ1) is 13.8. The van der Waals surface area contributed by atoms with Crippen molar-refractivity contribution in [3.8, 4) is 0 Å². The lowest BCUT2D eigenvalue weighted by Crippen LogP contribution is -2.53. The monoisotopic (exact) mass is 418 g/mol. The van der Waals surface area contributed by atoms with Crippen molar-refractivity contribution in [3.05, 3.63) is 34.9 Å². The first-order valence-corrected chi connectivity index (χ1v) is 10.1. The topological polar surface area (TPSA) is 90.0 Å². The second-order valence-corrected chi connectivity index (χ2v) is 8.37. The Morgan fingerprint density at radius 3 is 2.24 bits per heavy atom. The van der Waals surface area contributed by atoms with Crippen LogP contribution in [0.4, 0.5) is 4.79 Å². The van der Waals surface area contributed by atoms with E-state index in [4.69, 9.17) is 11.6 Å². The molecule has 154 valence electrons. The molecule has 1 unspecified atom stereocenters. The maximum Gasteiger partial charge on any atom is 0.325 e. The molecule has 9 heteroatoms. The molecule has 0 spiro atoms. The van der Waals surface area contributed by atoms with E-state index in [0.717, 1.165) is 17.7 Å². The highest BCUT2D eigenvalue weighted by molar-refractivity contribution is 6.30. The number of hydrogen-bond acceptors (Lipinski definition) is 4. The van der Waals surface area contributed by atoms with E-state index in [1.54, 1.807) is 41.0 Å². The molecule has 1 saturated carbocycles. The maximum absolute atomic E-state index is 13.0. The summed E-state index contributed by atoms with van der Waals surface area (Å²) in [6.07, 6.45) is 1.91. The van der Waals surface area contributed by atoms with Crippen LogP contribution in [0.3, 0.4) is 0 Å². The molecule has 0 bridgehead atoms. The van der Waals surface area contributed by atoms with Crippen molar-refractivity contribution < 1.29 is 19.2 Å². The van der Waals surface area contributed by atoms with Crippen molar-refractivity contribution in [2.45, 2.75) is 25.3 Å². The zero-order valence-corrected chi connectivity index (χ0v) is 16.9. The lowest BCUT2D eigenvalue weighted by atomic mass is 9.92. The summed E-state index contributed by atoms with van der Waals surface area (Å²) in [5.74, 6) is -0.438. The van der Waals surface area contributed by atoms with E-state index in [-0.39, 0.29) is 24.3 Å². The average molecular weight is 419 g/mol. The SMILES string of the molecule is CC1(c2ccc(Cl)cc2)NC(=O)N(CC(=O)N2CCN(C(=O)C3CC3)CC2)C1=O. The van der Waals surface area contributed by atoms with Gasteiger partial charge in [-0.1, -0.05) is 23.7 Å². The van der Waals surface area contributed by atoms with Crippen molar-refractivity contribution in [1.82, 2.24) is 20.0 Å². The van der Waals surface area contributed by atoms with Gasteiger partial charge in [-0.25, -0.2) is 4.79 Å². The summed E-state index contributed by atoms with van der Waals surface area (Å²) < 4.78 is 0. The standard InChI is InChI=1S/C20H23ClN4O4/c1-20(14-4-6-15(21)7-5-14)18(28)25(19(29)22-20)12-16(26)23-8-10-24(11-9-23)17(27)13-2-3-13/h4-7,13H,2-3,8-12H2,1H3,(H,22,29). The smallest absolute Gasteiger partial charge is 0.325 e. The summed E-state index contributed by atoms with van der Waals surface area (Å²) in [5.41, 5.74) is -0.639. The van der Waals surface area contributed by atoms with E-state index in [1.807, 2.05) is 0 Å². The molecule has 4 rings (SSSR count). The largest absolute Gasteiger partial charge is 0.339 e. The first-order valence-electron chi connectivity index (χ1n) is 9.76. The van der Waals surface area contributed by atoms with Crippen molar-refractivity contribution in [2.24, 2.45) is 5.92 Å². The zero-order valence-electron chi connectivity index (χ0n) is 16.2. The number of amides is 5. The summed E-state index contributed by atoms with van der Waals surface area (Å²) in [4.78, 5) is 54.6. The molecule has 29 heavy (non-hydrogen) atoms. The van der Waals surface area contributed by atoms with Gasteiger partial charge >= 0.3 is 6.03 Å². The summed E-state index contributed by atoms with van der Waals surface area (Å²) in [5, 5.41) is 3.21. The molecule has 2 aliphatic heterocycles. The molecular weight excluding hydrogens is 396 g/mol. The fourth-order valence-corrected chi connectivity index (χ4v) is 3.95. The highest BCUT2D eigenvalue weighted by Crippen LogP contribution is 2.32. The number of carbonyl (C=O) groups is 4. The maximum atomic E-state index is 13.0. The highest BCUT2D eigenvalue weighted by Gasteiger charge is 2.49. The van der Waals surface area contributed by atoms with Gasteiger partial charge in [-0.05, 0) is 37.5 Å². The molecule has 3 fully saturated rings. The van der Waals surface area contributed by atoms with Crippen LogP contribution < -0.4 is 5.32 Å². The summed E-state index contributed by atoms with van der Waals surface area (Å²) in [6.45, 7) is 3.10. The van der Waals surface area contributed by atoms with E-state index >= 15 is 0 Å². The number of carbonyl (C=O) groups excluding carboxylic acids is 4. The molecule has 1 aromatic rings. The molecule has 3 aliphatic rings. The Morgan fingerprint density at radius 2 is 1.66 bits per heavy atom. The fourth-order valence-electron chi connectivity index (χ4n) is 3.82. The van der Waals surface area contributed by atoms with Gasteiger partial charge in [-0.3, -0.25) is 19.3 Å². The lowest BCUT2D eigenvalue weighted by molar-refractivity contribution is -0.142. The highest BCUT2D eigenvalue weighted by atomic mass is 35.5. The van der Waals surface area contributed by atoms with Crippen molar-refractivity contribution in [3.63, 3.8) is 0 Å². The van der Waals surface area contributed by atoms with Gasteiger partial charge < -0.3 is 15.1 Å². The number of halogens is 1. The van der Waals surface area contributed by atoms with E-state index in [2.05, 4.69) is 5.32 Å². The van der Waals surface area contributed by atoms with Crippen LogP contribution in [-0.2, 0) is 19.9 Å². The third-order valence-corrected chi connectivity index (χ3v) is 6.11. The quantitative estimate of drug-likeness (QED) is 0.744. The number of imide groups is 1. The molecule has 0 radical (unpaired) electrons. The van der Waals surface area contributed by atoms with E-state index in [1.165, 1.54) is 0 Å². The normalized spacial score (nSPS) is 24.7. The van der Waals surface area contributed by atoms with Crippen LogP contribution in [0.1, 0.15) is 25.3 Å². The van der Waals surface area contributed by atoms with Crippen molar-refractivity contribution >= 4 is 35.4 Å². The Morgan fingerprint density at radius 1 is 1.07 bits per heavy atom. The molecule has 1 aromatic carbocycles. The molecule has 8 nitrogen and oxygen atoms in total. The first kappa shape index (κ1) is 19.7. The third kappa shape index (κ3) is 3.69. The second-order valence-electron chi connectivity index (χ2n) is 7.93. The number of nitrogens with one attached hydrogen (secondary N) is 1. The Labute approximate surface area is 173 Å². The third-order valence-electron chi connectivity index (χ3n) is 5.86. The van der Waals surface area contributed by atoms with Crippen LogP contribution in [0, 0.1) is 5.92 Å². The van der Waals surface area contributed by atoms with Gasteiger partial charge in [0.1, 0.15) is 12.1 Å². The van der Waals surface area contributed by atoms with Crippen LogP contribution in [-0.4, -0.2) is 71.2 Å². The average Bonchev–Trinajstić information content (AvgIpc) is 3.53. The molecule has 1 atom stereocenters. The number of hydrogen-bond donors (Lipinski definition) is 1. The second kappa shape index (κ2) is 7.33. The Hall–Kier alpha value is -2.61. The van der Waals surface area contributed by atoms with Crippen molar-refractivity contribution in [1.29, 1.82) is 0 Å². The Balaban J connectivity index is 1.38. The van der Waals surface area contributed by atoms with Crippen LogP contribution in [0.25, 0.3) is 0 Å². The minimum Gasteiger partial charge on any atom is -0.339 e. The van der Waals surface area contributed by atoms with Crippen LogP contribution in [0.5, 0.6) is 0 Å². The Bertz CT molecular complexity index is 862. The van der Waals surface area contributed by atoms with Gasteiger partial charge in [0, 0.05) is 37.1 Å². The molecule has 2 saturated heterocycles. The lowest BCUT2D eigenvalue weighted by Gasteiger charge is -2.35. The number of rotatable bonds is 4.